The molecule has 6 nitrogen and oxygen atoms in total. The van der Waals surface area contributed by atoms with Gasteiger partial charge in [-0.3, -0.25) is 14.4 Å². The van der Waals surface area contributed by atoms with Gasteiger partial charge in [-0.2, -0.15) is 12.6 Å². The second-order valence-corrected chi connectivity index (χ2v) is 6.92. The molecule has 3 aromatic rings. The van der Waals surface area contributed by atoms with Crippen LogP contribution in [0.15, 0.2) is 78.9 Å². The molecule has 0 aliphatic rings. The number of thiol groups is 1. The first-order valence-corrected chi connectivity index (χ1v) is 9.90. The summed E-state index contributed by atoms with van der Waals surface area (Å²) in [6, 6.07) is 21.3. The number of benzene rings is 3. The lowest BCUT2D eigenvalue weighted by Crippen LogP contribution is -2.37. The minimum Gasteiger partial charge on any atom is -0.325 e. The summed E-state index contributed by atoms with van der Waals surface area (Å²) in [7, 11) is 0. The molecule has 7 heteroatoms. The maximum atomic E-state index is 13.1. The van der Waals surface area contributed by atoms with E-state index in [1.165, 1.54) is 6.07 Å². The number of hydrogen-bond donors (Lipinski definition) is 4. The first-order valence-electron chi connectivity index (χ1n) is 9.27. The molecule has 0 spiro atoms. The second kappa shape index (κ2) is 9.87. The predicted octanol–water partition coefficient (Wildman–Crippen LogP) is 3.37. The number of nitrogens with two attached hydrogens (primary N) is 1. The van der Waals surface area contributed by atoms with E-state index >= 15 is 0 Å². The quantitative estimate of drug-likeness (QED) is 0.348. The highest BCUT2D eigenvalue weighted by atomic mass is 32.1. The van der Waals surface area contributed by atoms with E-state index in [4.69, 9.17) is 5.73 Å². The van der Waals surface area contributed by atoms with E-state index in [-0.39, 0.29) is 23.0 Å². The van der Waals surface area contributed by atoms with Crippen LogP contribution in [0, 0.1) is 0 Å². The van der Waals surface area contributed by atoms with Gasteiger partial charge in [0.25, 0.3) is 5.91 Å². The third-order valence-corrected chi connectivity index (χ3v) is 4.78. The average Bonchev–Trinajstić information content (AvgIpc) is 2.80. The van der Waals surface area contributed by atoms with Crippen molar-refractivity contribution in [2.24, 2.45) is 5.73 Å². The van der Waals surface area contributed by atoms with Crippen LogP contribution in [0.3, 0.4) is 0 Å². The maximum absolute atomic E-state index is 13.1. The van der Waals surface area contributed by atoms with Crippen LogP contribution in [0.2, 0.25) is 0 Å². The molecule has 152 valence electrons. The van der Waals surface area contributed by atoms with Crippen molar-refractivity contribution in [1.82, 2.24) is 0 Å². The van der Waals surface area contributed by atoms with Crippen LogP contribution in [0.5, 0.6) is 0 Å². The van der Waals surface area contributed by atoms with E-state index in [0.29, 0.717) is 22.5 Å². The molecule has 0 saturated heterocycles. The monoisotopic (exact) mass is 419 g/mol. The van der Waals surface area contributed by atoms with Crippen molar-refractivity contribution in [3.05, 3.63) is 95.6 Å². The van der Waals surface area contributed by atoms with Crippen LogP contribution >= 0.6 is 12.6 Å². The highest BCUT2D eigenvalue weighted by Gasteiger charge is 2.18. The summed E-state index contributed by atoms with van der Waals surface area (Å²) in [5.74, 6) is -0.850. The molecule has 0 aliphatic heterocycles. The van der Waals surface area contributed by atoms with Crippen molar-refractivity contribution < 1.29 is 14.4 Å². The van der Waals surface area contributed by atoms with Crippen molar-refractivity contribution in [3.8, 4) is 0 Å². The van der Waals surface area contributed by atoms with E-state index in [2.05, 4.69) is 23.3 Å². The fourth-order valence-electron chi connectivity index (χ4n) is 2.77. The Kier molecular flexibility index (Phi) is 7.00. The van der Waals surface area contributed by atoms with Crippen molar-refractivity contribution in [1.29, 1.82) is 0 Å². The molecule has 1 atom stereocenters. The van der Waals surface area contributed by atoms with E-state index in [0.717, 1.165) is 0 Å². The zero-order chi connectivity index (χ0) is 21.5. The van der Waals surface area contributed by atoms with Gasteiger partial charge in [0.2, 0.25) is 5.91 Å². The van der Waals surface area contributed by atoms with Crippen LogP contribution in [0.4, 0.5) is 11.4 Å². The lowest BCUT2D eigenvalue weighted by Gasteiger charge is -2.15. The number of ketones is 1. The summed E-state index contributed by atoms with van der Waals surface area (Å²) in [5, 5.41) is 5.46. The fraction of sp³-hybridized carbons (Fsp3) is 0.0870. The van der Waals surface area contributed by atoms with Crippen LogP contribution in [-0.4, -0.2) is 29.4 Å². The molecular weight excluding hydrogens is 398 g/mol. The van der Waals surface area contributed by atoms with Crippen LogP contribution < -0.4 is 16.4 Å². The largest absolute Gasteiger partial charge is 0.325 e. The molecule has 0 aromatic heterocycles. The molecule has 0 heterocycles. The summed E-state index contributed by atoms with van der Waals surface area (Å²) in [6.07, 6.45) is 0. The van der Waals surface area contributed by atoms with Gasteiger partial charge in [-0.25, -0.2) is 0 Å². The molecule has 3 rings (SSSR count). The minimum absolute atomic E-state index is 0.187. The summed E-state index contributed by atoms with van der Waals surface area (Å²) in [5.41, 5.74) is 7.62. The second-order valence-electron chi connectivity index (χ2n) is 6.55. The molecule has 0 radical (unpaired) electrons. The highest BCUT2D eigenvalue weighted by molar-refractivity contribution is 7.80. The van der Waals surface area contributed by atoms with Crippen molar-refractivity contribution in [3.63, 3.8) is 0 Å². The highest BCUT2D eigenvalue weighted by Crippen LogP contribution is 2.24. The summed E-state index contributed by atoms with van der Waals surface area (Å²) in [6.45, 7) is 0. The van der Waals surface area contributed by atoms with Gasteiger partial charge in [-0.15, -0.1) is 0 Å². The van der Waals surface area contributed by atoms with Crippen molar-refractivity contribution in [2.75, 3.05) is 16.4 Å². The smallest absolute Gasteiger partial charge is 0.255 e. The summed E-state index contributed by atoms with van der Waals surface area (Å²) in [4.78, 5) is 37.8. The molecule has 30 heavy (non-hydrogen) atoms. The fourth-order valence-corrected chi connectivity index (χ4v) is 2.93. The maximum Gasteiger partial charge on any atom is 0.255 e. The standard InChI is InChI=1S/C23H21N3O3S/c24-19(14-30)23(29)25-17-11-12-20(26-22(28)16-9-5-2-6-10-16)18(13-17)21(27)15-7-3-1-4-8-15/h1-13,19,30H,14,24H2,(H,25,29)(H,26,28)/t19-/m0/s1. The molecule has 3 aromatic carbocycles. The van der Waals surface area contributed by atoms with Gasteiger partial charge in [0.05, 0.1) is 11.7 Å². The van der Waals surface area contributed by atoms with Crippen LogP contribution in [0.1, 0.15) is 26.3 Å². The number of amides is 2. The van der Waals surface area contributed by atoms with Gasteiger partial charge in [0.15, 0.2) is 5.78 Å². The van der Waals surface area contributed by atoms with Crippen LogP contribution in [0.25, 0.3) is 0 Å². The molecular formula is C23H21N3O3S. The van der Waals surface area contributed by atoms with Crippen molar-refractivity contribution in [2.45, 2.75) is 6.04 Å². The third-order valence-electron chi connectivity index (χ3n) is 4.39. The number of carbonyl (C=O) groups is 3. The Morgan fingerprint density at radius 2 is 1.43 bits per heavy atom. The first kappa shape index (κ1) is 21.3. The zero-order valence-electron chi connectivity index (χ0n) is 16.0. The van der Waals surface area contributed by atoms with Gasteiger partial charge in [-0.05, 0) is 30.3 Å². The molecule has 0 saturated carbocycles. The lowest BCUT2D eigenvalue weighted by molar-refractivity contribution is -0.116. The zero-order valence-corrected chi connectivity index (χ0v) is 16.9. The SMILES string of the molecule is N[C@@H](CS)C(=O)Nc1ccc(NC(=O)c2ccccc2)c(C(=O)c2ccccc2)c1. The normalized spacial score (nSPS) is 11.4. The van der Waals surface area contributed by atoms with Gasteiger partial charge in [0.1, 0.15) is 0 Å². The van der Waals surface area contributed by atoms with E-state index in [9.17, 15) is 14.4 Å². The predicted molar refractivity (Wildman–Crippen MR) is 121 cm³/mol. The van der Waals surface area contributed by atoms with Gasteiger partial charge < -0.3 is 16.4 Å². The number of rotatable bonds is 7. The Morgan fingerprint density at radius 3 is 2.03 bits per heavy atom. The van der Waals surface area contributed by atoms with Crippen molar-refractivity contribution >= 4 is 41.6 Å². The third kappa shape index (κ3) is 5.14. The van der Waals surface area contributed by atoms with Gasteiger partial charge in [-0.1, -0.05) is 48.5 Å². The topological polar surface area (TPSA) is 101 Å². The number of nitrogens with one attached hydrogen (secondary N) is 2. The average molecular weight is 420 g/mol. The first-order chi connectivity index (χ1) is 14.5. The number of anilines is 2. The number of hydrogen-bond acceptors (Lipinski definition) is 5. The minimum atomic E-state index is -0.779. The Morgan fingerprint density at radius 1 is 0.833 bits per heavy atom. The Balaban J connectivity index is 1.95. The van der Waals surface area contributed by atoms with E-state index in [1.54, 1.807) is 60.7 Å². The molecule has 0 fully saturated rings. The summed E-state index contributed by atoms with van der Waals surface area (Å²) >= 11 is 4.02. The van der Waals surface area contributed by atoms with Crippen LogP contribution in [-0.2, 0) is 4.79 Å². The Labute approximate surface area is 179 Å². The lowest BCUT2D eigenvalue weighted by atomic mass is 10.0. The molecule has 4 N–H and O–H groups in total. The molecule has 0 aliphatic carbocycles. The summed E-state index contributed by atoms with van der Waals surface area (Å²) < 4.78 is 0. The number of carbonyl (C=O) groups excluding carboxylic acids is 3. The molecule has 2 amide bonds. The van der Waals surface area contributed by atoms with Gasteiger partial charge in [0, 0.05) is 28.1 Å². The Bertz CT molecular complexity index is 1060. The Hall–Kier alpha value is -3.42. The van der Waals surface area contributed by atoms with Gasteiger partial charge >= 0.3 is 0 Å². The van der Waals surface area contributed by atoms with E-state index in [1.807, 2.05) is 12.1 Å². The molecule has 0 bridgehead atoms. The molecule has 0 unspecified atom stereocenters. The van der Waals surface area contributed by atoms with E-state index < -0.39 is 11.9 Å².